The van der Waals surface area contributed by atoms with E-state index in [1.165, 1.54) is 24.3 Å². The highest BCUT2D eigenvalue weighted by Gasteiger charge is 2.28. The molecule has 1 fully saturated rings. The Morgan fingerprint density at radius 3 is 2.86 bits per heavy atom. The molecule has 1 atom stereocenters. The number of benzene rings is 1. The van der Waals surface area contributed by atoms with Crippen LogP contribution in [0.15, 0.2) is 24.3 Å². The zero-order valence-corrected chi connectivity index (χ0v) is 11.8. The van der Waals surface area contributed by atoms with Crippen molar-refractivity contribution in [2.45, 2.75) is 12.5 Å². The van der Waals surface area contributed by atoms with Crippen LogP contribution in [-0.4, -0.2) is 43.4 Å². The van der Waals surface area contributed by atoms with Gasteiger partial charge in [-0.25, -0.2) is 8.42 Å². The Bertz CT molecular complexity index is 657. The van der Waals surface area contributed by atoms with Crippen LogP contribution in [0.2, 0.25) is 0 Å². The summed E-state index contributed by atoms with van der Waals surface area (Å²) in [4.78, 5) is 21.7. The molecule has 1 saturated heterocycles. The Labute approximate surface area is 121 Å². The summed E-state index contributed by atoms with van der Waals surface area (Å²) in [6, 6.07) is 5.09. The fourth-order valence-electron chi connectivity index (χ4n) is 2.01. The molecule has 21 heavy (non-hydrogen) atoms. The van der Waals surface area contributed by atoms with E-state index in [9.17, 15) is 23.3 Å². The van der Waals surface area contributed by atoms with E-state index in [0.717, 1.165) is 0 Å². The van der Waals surface area contributed by atoms with Crippen molar-refractivity contribution in [3.63, 3.8) is 0 Å². The van der Waals surface area contributed by atoms with Crippen LogP contribution in [0, 0.1) is 10.1 Å². The smallest absolute Gasteiger partial charge is 0.273 e. The van der Waals surface area contributed by atoms with Gasteiger partial charge in [-0.2, -0.15) is 0 Å². The van der Waals surface area contributed by atoms with Gasteiger partial charge in [0.1, 0.15) is 5.75 Å². The lowest BCUT2D eigenvalue weighted by Crippen LogP contribution is -2.38. The molecule has 9 heteroatoms. The number of nitrogens with one attached hydrogen (secondary N) is 1. The minimum absolute atomic E-state index is 0.0600. The predicted molar refractivity (Wildman–Crippen MR) is 73.8 cm³/mol. The van der Waals surface area contributed by atoms with Crippen molar-refractivity contribution in [2.24, 2.45) is 0 Å². The number of sulfone groups is 1. The highest BCUT2D eigenvalue weighted by Crippen LogP contribution is 2.19. The van der Waals surface area contributed by atoms with E-state index in [1.54, 1.807) is 0 Å². The number of nitrogens with zero attached hydrogens (tertiary/aromatic N) is 1. The number of amides is 1. The number of hydrogen-bond acceptors (Lipinski definition) is 6. The Morgan fingerprint density at radius 2 is 2.24 bits per heavy atom. The van der Waals surface area contributed by atoms with Gasteiger partial charge in [0.05, 0.1) is 22.5 Å². The average Bonchev–Trinajstić information content (AvgIpc) is 2.76. The summed E-state index contributed by atoms with van der Waals surface area (Å²) in [5, 5.41) is 13.2. The van der Waals surface area contributed by atoms with Gasteiger partial charge in [-0.15, -0.1) is 0 Å². The maximum Gasteiger partial charge on any atom is 0.273 e. The lowest BCUT2D eigenvalue weighted by atomic mass is 10.2. The highest BCUT2D eigenvalue weighted by molar-refractivity contribution is 7.91. The van der Waals surface area contributed by atoms with Crippen LogP contribution in [0.5, 0.6) is 5.75 Å². The van der Waals surface area contributed by atoms with Crippen LogP contribution in [0.1, 0.15) is 6.42 Å². The lowest BCUT2D eigenvalue weighted by molar-refractivity contribution is -0.384. The third-order valence-electron chi connectivity index (χ3n) is 3.00. The Kier molecular flexibility index (Phi) is 4.41. The van der Waals surface area contributed by atoms with Crippen molar-refractivity contribution >= 4 is 21.4 Å². The third-order valence-corrected chi connectivity index (χ3v) is 4.76. The van der Waals surface area contributed by atoms with Gasteiger partial charge in [-0.3, -0.25) is 14.9 Å². The van der Waals surface area contributed by atoms with E-state index in [4.69, 9.17) is 4.74 Å². The zero-order valence-electron chi connectivity index (χ0n) is 11.0. The van der Waals surface area contributed by atoms with E-state index in [0.29, 0.717) is 6.42 Å². The van der Waals surface area contributed by atoms with Gasteiger partial charge in [-0.05, 0) is 12.5 Å². The summed E-state index contributed by atoms with van der Waals surface area (Å²) in [5.41, 5.74) is -0.130. The molecule has 1 heterocycles. The van der Waals surface area contributed by atoms with Gasteiger partial charge in [0.15, 0.2) is 16.4 Å². The van der Waals surface area contributed by atoms with E-state index >= 15 is 0 Å². The summed E-state index contributed by atoms with van der Waals surface area (Å²) in [7, 11) is -3.05. The summed E-state index contributed by atoms with van der Waals surface area (Å²) in [6.07, 6.45) is 0.394. The number of nitro groups is 1. The minimum atomic E-state index is -3.05. The molecule has 0 spiro atoms. The van der Waals surface area contributed by atoms with Gasteiger partial charge < -0.3 is 10.1 Å². The van der Waals surface area contributed by atoms with Crippen LogP contribution in [0.4, 0.5) is 5.69 Å². The monoisotopic (exact) mass is 314 g/mol. The Balaban J connectivity index is 1.84. The molecule has 0 bridgehead atoms. The fourth-order valence-corrected chi connectivity index (χ4v) is 3.69. The largest absolute Gasteiger partial charge is 0.484 e. The average molecular weight is 314 g/mol. The molecule has 114 valence electrons. The van der Waals surface area contributed by atoms with Crippen LogP contribution in [0.3, 0.4) is 0 Å². The molecule has 0 unspecified atom stereocenters. The Morgan fingerprint density at radius 1 is 1.48 bits per heavy atom. The molecule has 1 aliphatic heterocycles. The highest BCUT2D eigenvalue weighted by atomic mass is 32.2. The van der Waals surface area contributed by atoms with Crippen LogP contribution in [-0.2, 0) is 14.6 Å². The van der Waals surface area contributed by atoms with E-state index in [1.807, 2.05) is 0 Å². The first-order chi connectivity index (χ1) is 9.85. The topological polar surface area (TPSA) is 116 Å². The molecule has 0 saturated carbocycles. The first-order valence-corrected chi connectivity index (χ1v) is 8.05. The van der Waals surface area contributed by atoms with Gasteiger partial charge in [0.2, 0.25) is 0 Å². The number of ether oxygens (including phenoxy) is 1. The molecule has 2 rings (SSSR count). The molecular weight excluding hydrogens is 300 g/mol. The van der Waals surface area contributed by atoms with Crippen molar-refractivity contribution < 1.29 is 22.9 Å². The van der Waals surface area contributed by atoms with E-state index in [-0.39, 0.29) is 29.5 Å². The minimum Gasteiger partial charge on any atom is -0.484 e. The molecule has 8 nitrogen and oxygen atoms in total. The van der Waals surface area contributed by atoms with Crippen LogP contribution >= 0.6 is 0 Å². The predicted octanol–water partition coefficient (Wildman–Crippen LogP) is 0.277. The number of nitro benzene ring substituents is 1. The van der Waals surface area contributed by atoms with Gasteiger partial charge in [-0.1, -0.05) is 6.07 Å². The summed E-state index contributed by atoms with van der Waals surface area (Å²) < 4.78 is 27.7. The fraction of sp³-hybridized carbons (Fsp3) is 0.417. The first kappa shape index (κ1) is 15.2. The van der Waals surface area contributed by atoms with Crippen molar-refractivity contribution in [3.05, 3.63) is 34.4 Å². The van der Waals surface area contributed by atoms with Crippen molar-refractivity contribution in [2.75, 3.05) is 18.1 Å². The van der Waals surface area contributed by atoms with Crippen LogP contribution in [0.25, 0.3) is 0 Å². The van der Waals surface area contributed by atoms with Crippen molar-refractivity contribution in [1.82, 2.24) is 5.32 Å². The van der Waals surface area contributed by atoms with Crippen LogP contribution < -0.4 is 10.1 Å². The molecule has 1 aromatic carbocycles. The molecule has 0 aliphatic carbocycles. The number of carbonyl (C=O) groups is 1. The van der Waals surface area contributed by atoms with Gasteiger partial charge in [0.25, 0.3) is 11.6 Å². The number of carbonyl (C=O) groups excluding carboxylic acids is 1. The first-order valence-electron chi connectivity index (χ1n) is 6.23. The second-order valence-electron chi connectivity index (χ2n) is 4.71. The van der Waals surface area contributed by atoms with Gasteiger partial charge >= 0.3 is 0 Å². The molecule has 1 N–H and O–H groups in total. The quantitative estimate of drug-likeness (QED) is 0.616. The molecule has 0 radical (unpaired) electrons. The zero-order chi connectivity index (χ0) is 15.5. The maximum atomic E-state index is 11.6. The standard InChI is InChI=1S/C12H14N2O6S/c15-12(13-9-4-5-21(18,19)8-9)7-20-11-3-1-2-10(6-11)14(16)17/h1-3,6,9H,4-5,7-8H2,(H,13,15)/t9-/m1/s1. The summed E-state index contributed by atoms with van der Waals surface area (Å²) in [6.45, 7) is -0.322. The second-order valence-corrected chi connectivity index (χ2v) is 6.94. The maximum absolute atomic E-state index is 11.6. The Hall–Kier alpha value is -2.16. The number of hydrogen-bond donors (Lipinski definition) is 1. The normalized spacial score (nSPS) is 19.9. The van der Waals surface area contributed by atoms with Crippen molar-refractivity contribution in [1.29, 1.82) is 0 Å². The number of rotatable bonds is 5. The summed E-state index contributed by atoms with van der Waals surface area (Å²) >= 11 is 0. The van der Waals surface area contributed by atoms with E-state index < -0.39 is 26.7 Å². The molecular formula is C12H14N2O6S. The van der Waals surface area contributed by atoms with Gasteiger partial charge in [0, 0.05) is 12.1 Å². The molecule has 1 amide bonds. The molecule has 1 aromatic rings. The molecule has 0 aromatic heterocycles. The second kappa shape index (κ2) is 6.08. The SMILES string of the molecule is O=C(COc1cccc([N+](=O)[O-])c1)N[C@@H]1CCS(=O)(=O)C1. The number of non-ortho nitro benzene ring substituents is 1. The lowest BCUT2D eigenvalue weighted by Gasteiger charge is -2.11. The van der Waals surface area contributed by atoms with E-state index in [2.05, 4.69) is 5.32 Å². The third kappa shape index (κ3) is 4.42. The van der Waals surface area contributed by atoms with Crippen molar-refractivity contribution in [3.8, 4) is 5.75 Å². The molecule has 1 aliphatic rings. The summed E-state index contributed by atoms with van der Waals surface area (Å²) in [5.74, 6) is -0.235.